The maximum absolute atomic E-state index is 4.29. The minimum absolute atomic E-state index is 0.728. The molecule has 1 nitrogen and oxygen atoms in total. The monoisotopic (exact) mass is 244 g/mol. The quantitative estimate of drug-likeness (QED) is 0.734. The standard InChI is InChI=1S/C9H11BrNS/c10-8-6-11-9(12-8)7-4-2-1-3-5-7/h7H,1-5H2. The van der Waals surface area contributed by atoms with Gasteiger partial charge in [0.05, 0.1) is 8.79 Å². The fraction of sp³-hybridized carbons (Fsp3) is 0.667. The van der Waals surface area contributed by atoms with E-state index in [0.29, 0.717) is 0 Å². The third-order valence-electron chi connectivity index (χ3n) is 2.40. The molecule has 1 saturated carbocycles. The second-order valence-electron chi connectivity index (χ2n) is 3.27. The number of halogens is 1. The van der Waals surface area contributed by atoms with Crippen molar-refractivity contribution in [3.63, 3.8) is 0 Å². The Morgan fingerprint density at radius 2 is 2.08 bits per heavy atom. The number of thiazole rings is 1. The van der Waals surface area contributed by atoms with E-state index in [1.807, 2.05) is 0 Å². The number of rotatable bonds is 1. The highest BCUT2D eigenvalue weighted by atomic mass is 79.9. The predicted octanol–water partition coefficient (Wildman–Crippen LogP) is 3.75. The highest BCUT2D eigenvalue weighted by Crippen LogP contribution is 2.35. The Kier molecular flexibility index (Phi) is 2.81. The molecule has 2 rings (SSSR count). The minimum Gasteiger partial charge on any atom is -0.238 e. The largest absolute Gasteiger partial charge is 0.238 e. The lowest BCUT2D eigenvalue weighted by Crippen LogP contribution is -2.03. The minimum atomic E-state index is 0.728. The van der Waals surface area contributed by atoms with Crippen molar-refractivity contribution in [3.05, 3.63) is 15.0 Å². The zero-order valence-electron chi connectivity index (χ0n) is 6.85. The van der Waals surface area contributed by atoms with Gasteiger partial charge in [-0.1, -0.05) is 19.3 Å². The zero-order chi connectivity index (χ0) is 8.39. The van der Waals surface area contributed by atoms with E-state index < -0.39 is 0 Å². The van der Waals surface area contributed by atoms with Crippen LogP contribution in [0.5, 0.6) is 0 Å². The molecular weight excluding hydrogens is 234 g/mol. The predicted molar refractivity (Wildman–Crippen MR) is 54.5 cm³/mol. The van der Waals surface area contributed by atoms with Crippen LogP contribution in [-0.2, 0) is 0 Å². The Morgan fingerprint density at radius 1 is 1.33 bits per heavy atom. The molecule has 1 aromatic rings. The average molecular weight is 245 g/mol. The summed E-state index contributed by atoms with van der Waals surface area (Å²) in [4.78, 5) is 4.29. The van der Waals surface area contributed by atoms with Crippen LogP contribution in [0.15, 0.2) is 3.79 Å². The molecule has 0 N–H and O–H groups in total. The van der Waals surface area contributed by atoms with Crippen LogP contribution in [0.3, 0.4) is 0 Å². The molecule has 0 spiro atoms. The van der Waals surface area contributed by atoms with E-state index in [-0.39, 0.29) is 0 Å². The fourth-order valence-electron chi connectivity index (χ4n) is 1.76. The van der Waals surface area contributed by atoms with Crippen LogP contribution in [0.25, 0.3) is 0 Å². The second-order valence-corrected chi connectivity index (χ2v) is 5.62. The Labute approximate surface area is 85.3 Å². The van der Waals surface area contributed by atoms with Crippen molar-refractivity contribution in [1.29, 1.82) is 0 Å². The molecule has 0 aromatic carbocycles. The molecule has 12 heavy (non-hydrogen) atoms. The van der Waals surface area contributed by atoms with E-state index in [9.17, 15) is 0 Å². The van der Waals surface area contributed by atoms with Gasteiger partial charge in [-0.15, -0.1) is 11.3 Å². The van der Waals surface area contributed by atoms with E-state index in [2.05, 4.69) is 27.1 Å². The molecule has 3 heteroatoms. The van der Waals surface area contributed by atoms with Crippen molar-refractivity contribution in [2.45, 2.75) is 38.0 Å². The molecule has 0 saturated heterocycles. The first-order chi connectivity index (χ1) is 5.86. The van der Waals surface area contributed by atoms with Crippen LogP contribution in [-0.4, -0.2) is 4.98 Å². The lowest BCUT2D eigenvalue weighted by atomic mass is 9.90. The van der Waals surface area contributed by atoms with Crippen molar-refractivity contribution in [1.82, 2.24) is 4.98 Å². The summed E-state index contributed by atoms with van der Waals surface area (Å²) in [5, 5.41) is 1.28. The summed E-state index contributed by atoms with van der Waals surface area (Å²) in [6.07, 6.45) is 9.77. The van der Waals surface area contributed by atoms with Gasteiger partial charge in [-0.2, -0.15) is 0 Å². The molecule has 0 bridgehead atoms. The number of hydrogen-bond donors (Lipinski definition) is 0. The Bertz CT molecular complexity index is 253. The van der Waals surface area contributed by atoms with Gasteiger partial charge in [0.2, 0.25) is 0 Å². The van der Waals surface area contributed by atoms with E-state index in [1.54, 1.807) is 11.3 Å². The van der Waals surface area contributed by atoms with Crippen molar-refractivity contribution in [2.24, 2.45) is 0 Å². The summed E-state index contributed by atoms with van der Waals surface area (Å²) in [5.41, 5.74) is 0. The summed E-state index contributed by atoms with van der Waals surface area (Å²) in [7, 11) is 0. The maximum Gasteiger partial charge on any atom is 0.116 e. The van der Waals surface area contributed by atoms with Gasteiger partial charge >= 0.3 is 0 Å². The summed E-state index contributed by atoms with van der Waals surface area (Å²) in [6.45, 7) is 0. The van der Waals surface area contributed by atoms with Gasteiger partial charge in [0.25, 0.3) is 0 Å². The van der Waals surface area contributed by atoms with Crippen LogP contribution in [0.4, 0.5) is 0 Å². The van der Waals surface area contributed by atoms with Crippen LogP contribution >= 0.6 is 27.3 Å². The van der Waals surface area contributed by atoms with Crippen LogP contribution in [0.1, 0.15) is 43.0 Å². The van der Waals surface area contributed by atoms with Gasteiger partial charge in [0.15, 0.2) is 0 Å². The SMILES string of the molecule is Brc1[c]nc(C2CCCCC2)s1. The molecule has 0 amide bonds. The number of hydrogen-bond acceptors (Lipinski definition) is 2. The van der Waals surface area contributed by atoms with Crippen molar-refractivity contribution >= 4 is 27.3 Å². The summed E-state index contributed by atoms with van der Waals surface area (Å²) in [6, 6.07) is 0. The van der Waals surface area contributed by atoms with Crippen LogP contribution in [0, 0.1) is 6.20 Å². The number of aromatic nitrogens is 1. The smallest absolute Gasteiger partial charge is 0.116 e. The molecule has 1 aliphatic carbocycles. The molecule has 1 aromatic heterocycles. The molecular formula is C9H11BrNS. The van der Waals surface area contributed by atoms with Crippen molar-refractivity contribution in [3.8, 4) is 0 Å². The second kappa shape index (κ2) is 3.88. The summed E-state index contributed by atoms with van der Waals surface area (Å²) in [5.74, 6) is 0.728. The molecule has 0 unspecified atom stereocenters. The van der Waals surface area contributed by atoms with E-state index in [0.717, 1.165) is 9.70 Å². The van der Waals surface area contributed by atoms with Gasteiger partial charge < -0.3 is 0 Å². The third-order valence-corrected chi connectivity index (χ3v) is 3.97. The van der Waals surface area contributed by atoms with Gasteiger partial charge in [-0.05, 0) is 28.8 Å². The van der Waals surface area contributed by atoms with Crippen molar-refractivity contribution < 1.29 is 0 Å². The highest BCUT2D eigenvalue weighted by molar-refractivity contribution is 9.11. The van der Waals surface area contributed by atoms with Crippen molar-refractivity contribution in [2.75, 3.05) is 0 Å². The van der Waals surface area contributed by atoms with Crippen LogP contribution in [0.2, 0.25) is 0 Å². The summed E-state index contributed by atoms with van der Waals surface area (Å²) < 4.78 is 1.04. The Balaban J connectivity index is 2.08. The normalized spacial score (nSPS) is 19.8. The first-order valence-electron chi connectivity index (χ1n) is 4.40. The zero-order valence-corrected chi connectivity index (χ0v) is 9.25. The Hall–Kier alpha value is 0.110. The Morgan fingerprint density at radius 3 is 2.67 bits per heavy atom. The maximum atomic E-state index is 4.29. The molecule has 65 valence electrons. The molecule has 1 fully saturated rings. The lowest BCUT2D eigenvalue weighted by molar-refractivity contribution is 0.442. The molecule has 0 atom stereocenters. The fourth-order valence-corrected chi connectivity index (χ4v) is 3.12. The summed E-state index contributed by atoms with van der Waals surface area (Å²) >= 11 is 5.14. The van der Waals surface area contributed by atoms with E-state index in [1.165, 1.54) is 37.1 Å². The van der Waals surface area contributed by atoms with Crippen LogP contribution < -0.4 is 0 Å². The highest BCUT2D eigenvalue weighted by Gasteiger charge is 2.18. The molecule has 1 heterocycles. The molecule has 1 aliphatic rings. The first-order valence-corrected chi connectivity index (χ1v) is 6.01. The van der Waals surface area contributed by atoms with E-state index >= 15 is 0 Å². The first kappa shape index (κ1) is 8.70. The molecule has 0 aliphatic heterocycles. The van der Waals surface area contributed by atoms with E-state index in [4.69, 9.17) is 0 Å². The van der Waals surface area contributed by atoms with Gasteiger partial charge in [-0.25, -0.2) is 4.98 Å². The van der Waals surface area contributed by atoms with Gasteiger partial charge in [-0.3, -0.25) is 0 Å². The topological polar surface area (TPSA) is 12.9 Å². The number of nitrogens with zero attached hydrogens (tertiary/aromatic N) is 1. The average Bonchev–Trinajstić information content (AvgIpc) is 2.54. The van der Waals surface area contributed by atoms with Gasteiger partial charge in [0.1, 0.15) is 6.20 Å². The lowest BCUT2D eigenvalue weighted by Gasteiger charge is -2.18. The molecule has 1 radical (unpaired) electrons. The third kappa shape index (κ3) is 1.88. The van der Waals surface area contributed by atoms with Gasteiger partial charge in [0, 0.05) is 5.92 Å².